The third-order valence-electron chi connectivity index (χ3n) is 6.58. The monoisotopic (exact) mass is 477 g/mol. The molecule has 1 aliphatic heterocycles. The average molecular weight is 478 g/mol. The number of fused-ring (bicyclic) bond motifs is 1. The van der Waals surface area contributed by atoms with Gasteiger partial charge in [0, 0.05) is 53.9 Å². The van der Waals surface area contributed by atoms with Crippen LogP contribution in [-0.4, -0.2) is 52.0 Å². The molecule has 0 saturated carbocycles. The predicted molar refractivity (Wildman–Crippen MR) is 132 cm³/mol. The number of hydrogen-bond donors (Lipinski definition) is 2. The fourth-order valence-electron chi connectivity index (χ4n) is 4.98. The quantitative estimate of drug-likeness (QED) is 0.385. The fourth-order valence-corrected chi connectivity index (χ4v) is 5.11. The van der Waals surface area contributed by atoms with Crippen LogP contribution in [0.3, 0.4) is 0 Å². The summed E-state index contributed by atoms with van der Waals surface area (Å²) in [7, 11) is 0. The molecule has 5 nitrogen and oxygen atoms in total. The molecule has 34 heavy (non-hydrogen) atoms. The highest BCUT2D eigenvalue weighted by molar-refractivity contribution is 6.30. The number of aromatic nitrogens is 1. The maximum Gasteiger partial charge on any atom is 0.325 e. The van der Waals surface area contributed by atoms with Crippen LogP contribution >= 0.6 is 11.6 Å². The van der Waals surface area contributed by atoms with Gasteiger partial charge in [0.05, 0.1) is 6.04 Å². The lowest BCUT2D eigenvalue weighted by atomic mass is 9.96. The minimum atomic E-state index is -0.906. The second kappa shape index (κ2) is 9.58. The highest BCUT2D eigenvalue weighted by Gasteiger charge is 2.34. The molecule has 1 fully saturated rings. The Kier molecular flexibility index (Phi) is 6.37. The maximum atomic E-state index is 13.6. The number of halogens is 2. The molecule has 0 spiro atoms. The molecule has 2 heterocycles. The van der Waals surface area contributed by atoms with E-state index in [1.54, 1.807) is 12.3 Å². The second-order valence-corrected chi connectivity index (χ2v) is 9.05. The Morgan fingerprint density at radius 1 is 0.912 bits per heavy atom. The van der Waals surface area contributed by atoms with Crippen molar-refractivity contribution in [3.8, 4) is 0 Å². The number of nitrogens with zero attached hydrogens (tertiary/aromatic N) is 2. The molecule has 174 valence electrons. The van der Waals surface area contributed by atoms with Crippen molar-refractivity contribution in [2.24, 2.45) is 0 Å². The highest BCUT2D eigenvalue weighted by Crippen LogP contribution is 2.34. The number of hydrogen-bond acceptors (Lipinski definition) is 3. The van der Waals surface area contributed by atoms with Crippen molar-refractivity contribution >= 4 is 28.5 Å². The van der Waals surface area contributed by atoms with Gasteiger partial charge in [-0.2, -0.15) is 0 Å². The molecule has 5 rings (SSSR count). The Balaban J connectivity index is 1.40. The van der Waals surface area contributed by atoms with Gasteiger partial charge in [0.1, 0.15) is 11.9 Å². The molecule has 2 atom stereocenters. The van der Waals surface area contributed by atoms with Gasteiger partial charge >= 0.3 is 5.97 Å². The van der Waals surface area contributed by atoms with Crippen LogP contribution < -0.4 is 0 Å². The first-order chi connectivity index (χ1) is 16.5. The Morgan fingerprint density at radius 3 is 2.24 bits per heavy atom. The molecule has 1 aliphatic rings. The number of piperazine rings is 1. The standard InChI is InChI=1S/C27H25ClFN3O2/c28-20-8-6-19(7-9-20)25(18-4-2-1-3-5-18)31-12-14-32(15-13-31)26(27(33)34)23-17-30-24-16-21(29)10-11-22(23)24/h1-11,16-17,25-26,30H,12-15H2,(H,33,34)/t25-,26+/m1/s1. The van der Waals surface area contributed by atoms with Gasteiger partial charge in [0.2, 0.25) is 0 Å². The van der Waals surface area contributed by atoms with Gasteiger partial charge in [-0.05, 0) is 41.5 Å². The van der Waals surface area contributed by atoms with Crippen LogP contribution in [-0.2, 0) is 4.79 Å². The van der Waals surface area contributed by atoms with Crippen molar-refractivity contribution in [1.29, 1.82) is 0 Å². The number of rotatable bonds is 6. The van der Waals surface area contributed by atoms with Crippen LogP contribution in [0.25, 0.3) is 10.9 Å². The first-order valence-electron chi connectivity index (χ1n) is 11.3. The van der Waals surface area contributed by atoms with Gasteiger partial charge < -0.3 is 10.1 Å². The number of aliphatic carboxylic acids is 1. The summed E-state index contributed by atoms with van der Waals surface area (Å²) in [5, 5.41) is 11.5. The van der Waals surface area contributed by atoms with Gasteiger partial charge in [-0.3, -0.25) is 14.6 Å². The summed E-state index contributed by atoms with van der Waals surface area (Å²) in [6, 6.07) is 21.9. The predicted octanol–water partition coefficient (Wildman–Crippen LogP) is 5.49. The van der Waals surface area contributed by atoms with E-state index in [4.69, 9.17) is 11.6 Å². The minimum Gasteiger partial charge on any atom is -0.480 e. The summed E-state index contributed by atoms with van der Waals surface area (Å²) < 4.78 is 13.6. The number of carboxylic acid groups (broad SMARTS) is 1. The van der Waals surface area contributed by atoms with E-state index in [2.05, 4.69) is 34.1 Å². The number of nitrogens with one attached hydrogen (secondary N) is 1. The lowest BCUT2D eigenvalue weighted by Crippen LogP contribution is -2.50. The van der Waals surface area contributed by atoms with E-state index in [-0.39, 0.29) is 11.9 Å². The summed E-state index contributed by atoms with van der Waals surface area (Å²) in [4.78, 5) is 19.8. The minimum absolute atomic E-state index is 0.0555. The Labute approximate surface area is 202 Å². The molecule has 3 aromatic carbocycles. The van der Waals surface area contributed by atoms with Crippen LogP contribution in [0.1, 0.15) is 28.8 Å². The van der Waals surface area contributed by atoms with Gasteiger partial charge in [0.25, 0.3) is 0 Å². The second-order valence-electron chi connectivity index (χ2n) is 8.61. The zero-order valence-electron chi connectivity index (χ0n) is 18.5. The van der Waals surface area contributed by atoms with E-state index in [0.717, 1.165) is 10.9 Å². The summed E-state index contributed by atoms with van der Waals surface area (Å²) >= 11 is 6.13. The molecule has 0 amide bonds. The lowest BCUT2D eigenvalue weighted by Gasteiger charge is -2.41. The van der Waals surface area contributed by atoms with E-state index in [0.29, 0.717) is 42.3 Å². The van der Waals surface area contributed by atoms with Crippen LogP contribution in [0.15, 0.2) is 79.0 Å². The number of carboxylic acids is 1. The lowest BCUT2D eigenvalue weighted by molar-refractivity contribution is -0.144. The number of H-pyrrole nitrogens is 1. The van der Waals surface area contributed by atoms with Crippen molar-refractivity contribution in [3.63, 3.8) is 0 Å². The van der Waals surface area contributed by atoms with Gasteiger partial charge in [-0.1, -0.05) is 54.1 Å². The summed E-state index contributed by atoms with van der Waals surface area (Å²) in [5.41, 5.74) is 3.60. The first kappa shape index (κ1) is 22.6. The largest absolute Gasteiger partial charge is 0.480 e. The molecule has 2 N–H and O–H groups in total. The Morgan fingerprint density at radius 2 is 1.56 bits per heavy atom. The van der Waals surface area contributed by atoms with Crippen molar-refractivity contribution < 1.29 is 14.3 Å². The molecule has 1 aromatic heterocycles. The van der Waals surface area contributed by atoms with E-state index < -0.39 is 12.0 Å². The third-order valence-corrected chi connectivity index (χ3v) is 6.84. The molecule has 1 saturated heterocycles. The fraction of sp³-hybridized carbons (Fsp3) is 0.222. The van der Waals surface area contributed by atoms with Crippen LogP contribution in [0, 0.1) is 5.82 Å². The van der Waals surface area contributed by atoms with Crippen molar-refractivity contribution in [1.82, 2.24) is 14.8 Å². The van der Waals surface area contributed by atoms with E-state index in [1.165, 1.54) is 17.7 Å². The first-order valence-corrected chi connectivity index (χ1v) is 11.7. The van der Waals surface area contributed by atoms with E-state index >= 15 is 0 Å². The van der Waals surface area contributed by atoms with Gasteiger partial charge in [-0.25, -0.2) is 4.39 Å². The number of aromatic amines is 1. The topological polar surface area (TPSA) is 59.6 Å². The van der Waals surface area contributed by atoms with Gasteiger partial charge in [0.15, 0.2) is 0 Å². The van der Waals surface area contributed by atoms with Crippen LogP contribution in [0.2, 0.25) is 5.02 Å². The number of carbonyl (C=O) groups is 1. The van der Waals surface area contributed by atoms with Crippen molar-refractivity contribution in [3.05, 3.63) is 107 Å². The molecule has 0 radical (unpaired) electrons. The van der Waals surface area contributed by atoms with E-state index in [1.807, 2.05) is 35.2 Å². The molecular formula is C27H25ClFN3O2. The van der Waals surface area contributed by atoms with Gasteiger partial charge in [-0.15, -0.1) is 0 Å². The van der Waals surface area contributed by atoms with Crippen molar-refractivity contribution in [2.45, 2.75) is 12.1 Å². The molecule has 0 unspecified atom stereocenters. The molecule has 7 heteroatoms. The summed E-state index contributed by atoms with van der Waals surface area (Å²) in [6.07, 6.45) is 1.69. The van der Waals surface area contributed by atoms with Crippen LogP contribution in [0.4, 0.5) is 4.39 Å². The Hall–Kier alpha value is -3.19. The molecule has 4 aromatic rings. The third kappa shape index (κ3) is 4.44. The average Bonchev–Trinajstić information content (AvgIpc) is 3.24. The normalized spacial score (nSPS) is 17.0. The summed E-state index contributed by atoms with van der Waals surface area (Å²) in [5.74, 6) is -1.26. The number of benzene rings is 3. The SMILES string of the molecule is O=C(O)[C@H](c1c[nH]c2cc(F)ccc12)N1CCN([C@H](c2ccccc2)c2ccc(Cl)cc2)CC1. The Bertz CT molecular complexity index is 1280. The highest BCUT2D eigenvalue weighted by atomic mass is 35.5. The molecule has 0 bridgehead atoms. The van der Waals surface area contributed by atoms with Crippen LogP contribution in [0.5, 0.6) is 0 Å². The maximum absolute atomic E-state index is 13.6. The zero-order chi connectivity index (χ0) is 23.7. The molecular weight excluding hydrogens is 453 g/mol. The smallest absolute Gasteiger partial charge is 0.325 e. The van der Waals surface area contributed by atoms with Crippen molar-refractivity contribution in [2.75, 3.05) is 26.2 Å². The van der Waals surface area contributed by atoms with E-state index in [9.17, 15) is 14.3 Å². The summed E-state index contributed by atoms with van der Waals surface area (Å²) in [6.45, 7) is 2.62. The zero-order valence-corrected chi connectivity index (χ0v) is 19.3. The molecule has 0 aliphatic carbocycles.